The first-order valence-corrected chi connectivity index (χ1v) is 16.3. The molecule has 0 unspecified atom stereocenters. The lowest BCUT2D eigenvalue weighted by atomic mass is 10.0. The van der Waals surface area contributed by atoms with E-state index in [2.05, 4.69) is 143 Å². The van der Waals surface area contributed by atoms with Crippen LogP contribution in [0.4, 0.5) is 4.39 Å². The Morgan fingerprint density at radius 2 is 1.02 bits per heavy atom. The standard InChI is InChI=1S/C42H25FN2S/c43-27-19-24-39-36(25-27)35-14-8-13-30(42(35)46-39)26-17-20-29(21-18-26)45-38-16-7-5-12-32(38)34-23-22-33-31-11-4-6-15-37(31)44(40(33)41(34)45)28-9-2-1-3-10-28/h1-25H. The summed E-state index contributed by atoms with van der Waals surface area (Å²) >= 11 is 1.73. The smallest absolute Gasteiger partial charge is 0.123 e. The average molecular weight is 609 g/mol. The minimum absolute atomic E-state index is 0.200. The molecule has 10 aromatic rings. The Kier molecular flexibility index (Phi) is 5.37. The topological polar surface area (TPSA) is 9.86 Å². The second-order valence-electron chi connectivity index (χ2n) is 11.9. The summed E-state index contributed by atoms with van der Waals surface area (Å²) in [6, 6.07) is 53.0. The zero-order chi connectivity index (χ0) is 30.4. The Balaban J connectivity index is 1.25. The molecule has 0 spiro atoms. The van der Waals surface area contributed by atoms with Crippen LogP contribution in [-0.2, 0) is 0 Å². The highest BCUT2D eigenvalue weighted by Gasteiger charge is 2.21. The Hall–Kier alpha value is -5.71. The van der Waals surface area contributed by atoms with Crippen molar-refractivity contribution in [2.75, 3.05) is 0 Å². The molecule has 0 bridgehead atoms. The van der Waals surface area contributed by atoms with E-state index < -0.39 is 0 Å². The van der Waals surface area contributed by atoms with E-state index in [0.29, 0.717) is 0 Å². The number of para-hydroxylation sites is 3. The van der Waals surface area contributed by atoms with Crippen molar-refractivity contribution in [1.82, 2.24) is 9.13 Å². The van der Waals surface area contributed by atoms with Crippen LogP contribution in [0.2, 0.25) is 0 Å². The summed E-state index contributed by atoms with van der Waals surface area (Å²) in [7, 11) is 0. The zero-order valence-electron chi connectivity index (χ0n) is 24.6. The lowest BCUT2D eigenvalue weighted by Gasteiger charge is -2.13. The van der Waals surface area contributed by atoms with Gasteiger partial charge < -0.3 is 9.13 Å². The predicted molar refractivity (Wildman–Crippen MR) is 193 cm³/mol. The summed E-state index contributed by atoms with van der Waals surface area (Å²) in [5.41, 5.74) is 9.33. The molecule has 0 N–H and O–H groups in total. The van der Waals surface area contributed by atoms with Gasteiger partial charge >= 0.3 is 0 Å². The van der Waals surface area contributed by atoms with Gasteiger partial charge in [0.25, 0.3) is 0 Å². The average Bonchev–Trinajstić information content (AvgIpc) is 3.76. The van der Waals surface area contributed by atoms with Crippen LogP contribution in [0.1, 0.15) is 0 Å². The van der Waals surface area contributed by atoms with Crippen molar-refractivity contribution in [1.29, 1.82) is 0 Å². The van der Waals surface area contributed by atoms with E-state index in [1.54, 1.807) is 23.5 Å². The Labute approximate surface area is 267 Å². The molecule has 0 aliphatic rings. The number of halogens is 1. The van der Waals surface area contributed by atoms with Crippen LogP contribution in [-0.4, -0.2) is 9.13 Å². The van der Waals surface area contributed by atoms with Gasteiger partial charge in [-0.1, -0.05) is 97.1 Å². The molecule has 0 aliphatic heterocycles. The van der Waals surface area contributed by atoms with Crippen LogP contribution in [0.3, 0.4) is 0 Å². The zero-order valence-corrected chi connectivity index (χ0v) is 25.4. The van der Waals surface area contributed by atoms with Gasteiger partial charge in [0.15, 0.2) is 0 Å². The predicted octanol–water partition coefficient (Wildman–Crippen LogP) is 12.1. The highest BCUT2D eigenvalue weighted by Crippen LogP contribution is 2.43. The molecule has 3 aromatic heterocycles. The van der Waals surface area contributed by atoms with Gasteiger partial charge in [0.2, 0.25) is 0 Å². The number of thiophene rings is 1. The molecular weight excluding hydrogens is 584 g/mol. The van der Waals surface area contributed by atoms with Crippen molar-refractivity contribution >= 4 is 75.1 Å². The molecule has 216 valence electrons. The summed E-state index contributed by atoms with van der Waals surface area (Å²) < 4.78 is 21.3. The highest BCUT2D eigenvalue weighted by molar-refractivity contribution is 7.26. The van der Waals surface area contributed by atoms with Crippen LogP contribution in [0, 0.1) is 5.82 Å². The largest absolute Gasteiger partial charge is 0.307 e. The van der Waals surface area contributed by atoms with Crippen LogP contribution >= 0.6 is 11.3 Å². The molecule has 4 heteroatoms. The van der Waals surface area contributed by atoms with Crippen LogP contribution in [0.15, 0.2) is 152 Å². The third-order valence-electron chi connectivity index (χ3n) is 9.38. The minimum atomic E-state index is -0.200. The van der Waals surface area contributed by atoms with Gasteiger partial charge in [0.05, 0.1) is 22.1 Å². The lowest BCUT2D eigenvalue weighted by Crippen LogP contribution is -1.98. The van der Waals surface area contributed by atoms with Gasteiger partial charge in [-0.3, -0.25) is 0 Å². The van der Waals surface area contributed by atoms with E-state index in [4.69, 9.17) is 0 Å². The number of hydrogen-bond donors (Lipinski definition) is 0. The maximum Gasteiger partial charge on any atom is 0.123 e. The summed E-state index contributed by atoms with van der Waals surface area (Å²) in [6.07, 6.45) is 0. The molecule has 0 aliphatic carbocycles. The van der Waals surface area contributed by atoms with Gasteiger partial charge in [-0.2, -0.15) is 0 Å². The third kappa shape index (κ3) is 3.56. The molecule has 0 atom stereocenters. The van der Waals surface area contributed by atoms with Gasteiger partial charge in [-0.05, 0) is 65.7 Å². The normalized spacial score (nSPS) is 12.0. The molecular formula is C42H25FN2S. The van der Waals surface area contributed by atoms with Gasteiger partial charge in [-0.25, -0.2) is 4.39 Å². The summed E-state index contributed by atoms with van der Waals surface area (Å²) in [4.78, 5) is 0. The summed E-state index contributed by atoms with van der Waals surface area (Å²) in [6.45, 7) is 0. The quantitative estimate of drug-likeness (QED) is 0.189. The number of benzene rings is 7. The number of aromatic nitrogens is 2. The number of rotatable bonds is 3. The fourth-order valence-corrected chi connectivity index (χ4v) is 8.62. The van der Waals surface area contributed by atoms with Crippen molar-refractivity contribution in [3.63, 3.8) is 0 Å². The van der Waals surface area contributed by atoms with E-state index >= 15 is 0 Å². The molecule has 2 nitrogen and oxygen atoms in total. The van der Waals surface area contributed by atoms with E-state index in [1.165, 1.54) is 53.9 Å². The van der Waals surface area contributed by atoms with E-state index in [-0.39, 0.29) is 5.82 Å². The van der Waals surface area contributed by atoms with Crippen molar-refractivity contribution < 1.29 is 4.39 Å². The van der Waals surface area contributed by atoms with Crippen LogP contribution in [0.25, 0.3) is 86.3 Å². The maximum absolute atomic E-state index is 14.1. The van der Waals surface area contributed by atoms with Crippen LogP contribution < -0.4 is 0 Å². The lowest BCUT2D eigenvalue weighted by molar-refractivity contribution is 0.630. The van der Waals surface area contributed by atoms with E-state index in [0.717, 1.165) is 32.4 Å². The Morgan fingerprint density at radius 1 is 0.435 bits per heavy atom. The SMILES string of the molecule is Fc1ccc2sc3c(-c4ccc(-n5c6ccccc6c6ccc7c8ccccc8n(-c8ccccc8)c7c65)cc4)cccc3c2c1. The molecule has 0 saturated carbocycles. The number of fused-ring (bicyclic) bond motifs is 10. The van der Waals surface area contributed by atoms with E-state index in [9.17, 15) is 4.39 Å². The first-order valence-electron chi connectivity index (χ1n) is 15.5. The van der Waals surface area contributed by atoms with Crippen molar-refractivity contribution in [2.24, 2.45) is 0 Å². The summed E-state index contributed by atoms with van der Waals surface area (Å²) in [5, 5.41) is 7.01. The molecule has 0 radical (unpaired) electrons. The minimum Gasteiger partial charge on any atom is -0.307 e. The summed E-state index contributed by atoms with van der Waals surface area (Å²) in [5.74, 6) is -0.200. The second kappa shape index (κ2) is 9.64. The van der Waals surface area contributed by atoms with Gasteiger partial charge in [0.1, 0.15) is 5.82 Å². The second-order valence-corrected chi connectivity index (χ2v) is 12.9. The molecule has 7 aromatic carbocycles. The van der Waals surface area contributed by atoms with Crippen LogP contribution in [0.5, 0.6) is 0 Å². The maximum atomic E-state index is 14.1. The Morgan fingerprint density at radius 3 is 1.70 bits per heavy atom. The molecule has 3 heterocycles. The first-order chi connectivity index (χ1) is 22.7. The molecule has 0 fully saturated rings. The molecule has 46 heavy (non-hydrogen) atoms. The van der Waals surface area contributed by atoms with Crippen molar-refractivity contribution in [3.8, 4) is 22.5 Å². The third-order valence-corrected chi connectivity index (χ3v) is 10.6. The number of nitrogens with zero attached hydrogens (tertiary/aromatic N) is 2. The number of hydrogen-bond acceptors (Lipinski definition) is 1. The molecule has 10 rings (SSSR count). The monoisotopic (exact) mass is 608 g/mol. The molecule has 0 saturated heterocycles. The van der Waals surface area contributed by atoms with Crippen molar-refractivity contribution in [3.05, 3.63) is 157 Å². The van der Waals surface area contributed by atoms with E-state index in [1.807, 2.05) is 6.07 Å². The fraction of sp³-hybridized carbons (Fsp3) is 0. The fourth-order valence-electron chi connectivity index (χ4n) is 7.40. The van der Waals surface area contributed by atoms with Gasteiger partial charge in [0, 0.05) is 53.1 Å². The van der Waals surface area contributed by atoms with Gasteiger partial charge in [-0.15, -0.1) is 11.3 Å². The van der Waals surface area contributed by atoms with Crippen molar-refractivity contribution in [2.45, 2.75) is 0 Å². The molecule has 0 amide bonds. The highest BCUT2D eigenvalue weighted by atomic mass is 32.1. The Bertz CT molecular complexity index is 2800. The first kappa shape index (κ1) is 25.6.